The molecule has 1 aromatic heterocycles. The molecule has 166 valence electrons. The van der Waals surface area contributed by atoms with E-state index in [1.807, 2.05) is 66.9 Å². The van der Waals surface area contributed by atoms with Crippen LogP contribution < -0.4 is 15.0 Å². The molecule has 0 saturated heterocycles. The number of carbonyl (C=O) groups excluding carboxylic acids is 2. The zero-order valence-electron chi connectivity index (χ0n) is 18.2. The number of methoxy groups -OCH3 is 1. The first-order chi connectivity index (χ1) is 16.1. The molecule has 7 nitrogen and oxygen atoms in total. The van der Waals surface area contributed by atoms with Crippen molar-refractivity contribution >= 4 is 23.2 Å². The van der Waals surface area contributed by atoms with Gasteiger partial charge in [0.25, 0.3) is 0 Å². The van der Waals surface area contributed by atoms with Gasteiger partial charge in [0.1, 0.15) is 12.3 Å². The fourth-order valence-corrected chi connectivity index (χ4v) is 3.42. The fourth-order valence-electron chi connectivity index (χ4n) is 3.42. The number of carbonyl (C=O) groups is 2. The van der Waals surface area contributed by atoms with Crippen LogP contribution in [0.2, 0.25) is 0 Å². The molecule has 3 aromatic carbocycles. The number of hydrogen-bond acceptors (Lipinski definition) is 4. The first-order valence-corrected chi connectivity index (χ1v) is 10.5. The maximum Gasteiger partial charge on any atom is 0.244 e. The highest BCUT2D eigenvalue weighted by Crippen LogP contribution is 2.19. The Morgan fingerprint density at radius 3 is 2.42 bits per heavy atom. The highest BCUT2D eigenvalue weighted by Gasteiger charge is 2.20. The maximum atomic E-state index is 13.2. The SMILES string of the molecule is COc1cccc(NC(=O)CN(C(=O)Cc2cnn(-c3ccccc3)c2)c2ccccc2)c1. The molecule has 7 heteroatoms. The van der Waals surface area contributed by atoms with Gasteiger partial charge in [-0.2, -0.15) is 5.10 Å². The molecule has 1 heterocycles. The van der Waals surface area contributed by atoms with Gasteiger partial charge in [-0.3, -0.25) is 9.59 Å². The summed E-state index contributed by atoms with van der Waals surface area (Å²) in [6, 6.07) is 25.9. The largest absolute Gasteiger partial charge is 0.497 e. The van der Waals surface area contributed by atoms with Crippen LogP contribution in [0.3, 0.4) is 0 Å². The molecule has 0 atom stereocenters. The Labute approximate surface area is 192 Å². The highest BCUT2D eigenvalue weighted by atomic mass is 16.5. The van der Waals surface area contributed by atoms with Gasteiger partial charge in [-0.25, -0.2) is 4.68 Å². The van der Waals surface area contributed by atoms with Crippen molar-refractivity contribution in [3.8, 4) is 11.4 Å². The van der Waals surface area contributed by atoms with Crippen molar-refractivity contribution < 1.29 is 14.3 Å². The van der Waals surface area contributed by atoms with Gasteiger partial charge in [0, 0.05) is 23.6 Å². The molecule has 0 aliphatic rings. The summed E-state index contributed by atoms with van der Waals surface area (Å²) in [6.45, 7) is -0.118. The molecule has 0 aliphatic heterocycles. The van der Waals surface area contributed by atoms with Crippen molar-refractivity contribution in [2.24, 2.45) is 0 Å². The van der Waals surface area contributed by atoms with Crippen LogP contribution in [0.15, 0.2) is 97.3 Å². The van der Waals surface area contributed by atoms with Gasteiger partial charge in [0.2, 0.25) is 11.8 Å². The summed E-state index contributed by atoms with van der Waals surface area (Å²) < 4.78 is 6.93. The number of aromatic nitrogens is 2. The van der Waals surface area contributed by atoms with E-state index in [2.05, 4.69) is 10.4 Å². The van der Waals surface area contributed by atoms with E-state index in [-0.39, 0.29) is 24.8 Å². The van der Waals surface area contributed by atoms with Crippen LogP contribution in [0.5, 0.6) is 5.75 Å². The van der Waals surface area contributed by atoms with E-state index < -0.39 is 0 Å². The Morgan fingerprint density at radius 1 is 0.970 bits per heavy atom. The Bertz CT molecular complexity index is 1220. The normalized spacial score (nSPS) is 10.5. The van der Waals surface area contributed by atoms with Gasteiger partial charge < -0.3 is 15.0 Å². The molecule has 33 heavy (non-hydrogen) atoms. The maximum absolute atomic E-state index is 13.2. The van der Waals surface area contributed by atoms with E-state index >= 15 is 0 Å². The zero-order valence-corrected chi connectivity index (χ0v) is 18.2. The van der Waals surface area contributed by atoms with Crippen LogP contribution in [0, 0.1) is 0 Å². The molecular formula is C26H24N4O3. The standard InChI is InChI=1S/C26H24N4O3/c1-33-24-14-8-9-21(16-24)28-25(31)19-29(22-10-4-2-5-11-22)26(32)15-20-17-27-30(18-20)23-12-6-3-7-13-23/h2-14,16-18H,15,19H2,1H3,(H,28,31). The van der Waals surface area contributed by atoms with Crippen molar-refractivity contribution in [2.45, 2.75) is 6.42 Å². The summed E-state index contributed by atoms with van der Waals surface area (Å²) in [7, 11) is 1.57. The number of ether oxygens (including phenoxy) is 1. The summed E-state index contributed by atoms with van der Waals surface area (Å²) in [4.78, 5) is 27.5. The van der Waals surface area contributed by atoms with Crippen LogP contribution in [-0.4, -0.2) is 35.2 Å². The molecule has 4 rings (SSSR count). The lowest BCUT2D eigenvalue weighted by Crippen LogP contribution is -2.39. The molecular weight excluding hydrogens is 416 g/mol. The highest BCUT2D eigenvalue weighted by molar-refractivity contribution is 6.03. The first kappa shape index (κ1) is 21.8. The Morgan fingerprint density at radius 2 is 1.70 bits per heavy atom. The van der Waals surface area contributed by atoms with Crippen molar-refractivity contribution in [3.05, 3.63) is 103 Å². The van der Waals surface area contributed by atoms with Crippen molar-refractivity contribution in [2.75, 3.05) is 23.9 Å². The lowest BCUT2D eigenvalue weighted by atomic mass is 10.2. The molecule has 0 bridgehead atoms. The number of nitrogens with one attached hydrogen (secondary N) is 1. The lowest BCUT2D eigenvalue weighted by Gasteiger charge is -2.22. The van der Waals surface area contributed by atoms with Gasteiger partial charge in [-0.1, -0.05) is 42.5 Å². The minimum Gasteiger partial charge on any atom is -0.497 e. The summed E-state index contributed by atoms with van der Waals surface area (Å²) in [5, 5.41) is 7.19. The molecule has 0 radical (unpaired) electrons. The minimum atomic E-state index is -0.305. The fraction of sp³-hybridized carbons (Fsp3) is 0.115. The number of rotatable bonds is 8. The monoisotopic (exact) mass is 440 g/mol. The number of anilines is 2. The van der Waals surface area contributed by atoms with Crippen LogP contribution >= 0.6 is 0 Å². The second-order valence-electron chi connectivity index (χ2n) is 7.40. The summed E-state index contributed by atoms with van der Waals surface area (Å²) >= 11 is 0. The molecule has 1 N–H and O–H groups in total. The van der Waals surface area contributed by atoms with Crippen molar-refractivity contribution in [3.63, 3.8) is 0 Å². The molecule has 0 spiro atoms. The average molecular weight is 441 g/mol. The van der Waals surface area contributed by atoms with E-state index in [1.165, 1.54) is 4.90 Å². The minimum absolute atomic E-state index is 0.118. The number of hydrogen-bond donors (Lipinski definition) is 1. The lowest BCUT2D eigenvalue weighted by molar-refractivity contribution is -0.121. The Hall–Kier alpha value is -4.39. The molecule has 0 fully saturated rings. The smallest absolute Gasteiger partial charge is 0.244 e. The van der Waals surface area contributed by atoms with Crippen LogP contribution in [-0.2, 0) is 16.0 Å². The van der Waals surface area contributed by atoms with Crippen molar-refractivity contribution in [1.29, 1.82) is 0 Å². The van der Waals surface area contributed by atoms with Crippen LogP contribution in [0.4, 0.5) is 11.4 Å². The second-order valence-corrected chi connectivity index (χ2v) is 7.40. The van der Waals surface area contributed by atoms with E-state index in [0.29, 0.717) is 17.1 Å². The molecule has 0 unspecified atom stereocenters. The van der Waals surface area contributed by atoms with E-state index in [1.54, 1.807) is 42.3 Å². The van der Waals surface area contributed by atoms with E-state index in [4.69, 9.17) is 4.74 Å². The number of benzene rings is 3. The number of para-hydroxylation sites is 2. The van der Waals surface area contributed by atoms with Crippen LogP contribution in [0.1, 0.15) is 5.56 Å². The van der Waals surface area contributed by atoms with E-state index in [0.717, 1.165) is 11.3 Å². The predicted octanol–water partition coefficient (Wildman–Crippen LogP) is 4.10. The van der Waals surface area contributed by atoms with E-state index in [9.17, 15) is 9.59 Å². The predicted molar refractivity (Wildman–Crippen MR) is 128 cm³/mol. The summed E-state index contributed by atoms with van der Waals surface area (Å²) in [5.41, 5.74) is 2.93. The Balaban J connectivity index is 1.49. The van der Waals surface area contributed by atoms with Gasteiger partial charge in [0.05, 0.1) is 25.4 Å². The number of amides is 2. The van der Waals surface area contributed by atoms with Crippen molar-refractivity contribution in [1.82, 2.24) is 9.78 Å². The summed E-state index contributed by atoms with van der Waals surface area (Å²) in [5.74, 6) is 0.134. The number of nitrogens with zero attached hydrogens (tertiary/aromatic N) is 3. The van der Waals surface area contributed by atoms with Gasteiger partial charge >= 0.3 is 0 Å². The third-order valence-electron chi connectivity index (χ3n) is 5.04. The van der Waals surface area contributed by atoms with Crippen LogP contribution in [0.25, 0.3) is 5.69 Å². The molecule has 4 aromatic rings. The third-order valence-corrected chi connectivity index (χ3v) is 5.04. The molecule has 0 saturated carbocycles. The topological polar surface area (TPSA) is 76.5 Å². The first-order valence-electron chi connectivity index (χ1n) is 10.5. The molecule has 0 aliphatic carbocycles. The second kappa shape index (κ2) is 10.3. The third kappa shape index (κ3) is 5.65. The Kier molecular flexibility index (Phi) is 6.80. The average Bonchev–Trinajstić information content (AvgIpc) is 3.32. The van der Waals surface area contributed by atoms with Gasteiger partial charge in [0.15, 0.2) is 0 Å². The quantitative estimate of drug-likeness (QED) is 0.448. The summed E-state index contributed by atoms with van der Waals surface area (Å²) in [6.07, 6.45) is 3.62. The van der Waals surface area contributed by atoms with Gasteiger partial charge in [-0.15, -0.1) is 0 Å². The molecule has 2 amide bonds. The van der Waals surface area contributed by atoms with Gasteiger partial charge in [-0.05, 0) is 42.0 Å². The zero-order chi connectivity index (χ0) is 23.0.